The van der Waals surface area contributed by atoms with Gasteiger partial charge in [-0.2, -0.15) is 0 Å². The third-order valence-corrected chi connectivity index (χ3v) is 1.79. The van der Waals surface area contributed by atoms with Crippen LogP contribution in [0.4, 0.5) is 5.82 Å². The van der Waals surface area contributed by atoms with Crippen molar-refractivity contribution in [1.29, 1.82) is 0 Å². The highest BCUT2D eigenvalue weighted by Gasteiger charge is 1.97. The average molecular weight is 183 g/mol. The molecule has 0 unspecified atom stereocenters. The number of anilines is 1. The molecule has 5 heteroatoms. The molecule has 0 bridgehead atoms. The standard InChI is InChI=1S/C7H9N3OS/c1-5(11)8-6-3-4-7(12-2)10-9-6/h3-4H,1-2H3,(H,8,9,11). The highest BCUT2D eigenvalue weighted by molar-refractivity contribution is 7.98. The Labute approximate surface area is 74.8 Å². The summed E-state index contributed by atoms with van der Waals surface area (Å²) < 4.78 is 0. The second-order valence-corrected chi connectivity index (χ2v) is 2.97. The number of rotatable bonds is 2. The molecule has 0 saturated carbocycles. The van der Waals surface area contributed by atoms with E-state index in [-0.39, 0.29) is 5.91 Å². The maximum absolute atomic E-state index is 10.6. The number of thioether (sulfide) groups is 1. The zero-order valence-electron chi connectivity index (χ0n) is 6.87. The Hall–Kier alpha value is -1.10. The van der Waals surface area contributed by atoms with Crippen LogP contribution >= 0.6 is 11.8 Å². The van der Waals surface area contributed by atoms with Crippen molar-refractivity contribution in [2.45, 2.75) is 11.9 Å². The minimum Gasteiger partial charge on any atom is -0.309 e. The SMILES string of the molecule is CSc1ccc(NC(C)=O)nn1. The molecule has 1 amide bonds. The number of carbonyl (C=O) groups excluding carboxylic acids is 1. The predicted molar refractivity (Wildman–Crippen MR) is 48.1 cm³/mol. The Morgan fingerprint density at radius 3 is 2.67 bits per heavy atom. The summed E-state index contributed by atoms with van der Waals surface area (Å²) in [5.74, 6) is 0.349. The summed E-state index contributed by atoms with van der Waals surface area (Å²) in [4.78, 5) is 10.6. The second kappa shape index (κ2) is 4.06. The van der Waals surface area contributed by atoms with Gasteiger partial charge in [-0.3, -0.25) is 4.79 Å². The molecule has 1 heterocycles. The van der Waals surface area contributed by atoms with Crippen LogP contribution in [0.3, 0.4) is 0 Å². The third kappa shape index (κ3) is 2.50. The lowest BCUT2D eigenvalue weighted by atomic mass is 10.5. The first-order valence-electron chi connectivity index (χ1n) is 3.37. The Morgan fingerprint density at radius 1 is 1.50 bits per heavy atom. The van der Waals surface area contributed by atoms with E-state index in [4.69, 9.17) is 0 Å². The maximum Gasteiger partial charge on any atom is 0.222 e. The first kappa shape index (κ1) is 8.99. The zero-order valence-corrected chi connectivity index (χ0v) is 7.68. The number of amides is 1. The van der Waals surface area contributed by atoms with Crippen LogP contribution in [0.25, 0.3) is 0 Å². The molecule has 0 aliphatic carbocycles. The predicted octanol–water partition coefficient (Wildman–Crippen LogP) is 1.16. The molecular formula is C7H9N3OS. The molecule has 0 atom stereocenters. The van der Waals surface area contributed by atoms with E-state index in [1.807, 2.05) is 12.3 Å². The van der Waals surface area contributed by atoms with Gasteiger partial charge in [0.05, 0.1) is 0 Å². The van der Waals surface area contributed by atoms with Crippen molar-refractivity contribution in [3.05, 3.63) is 12.1 Å². The summed E-state index contributed by atoms with van der Waals surface area (Å²) in [6, 6.07) is 3.53. The van der Waals surface area contributed by atoms with E-state index in [1.54, 1.807) is 6.07 Å². The maximum atomic E-state index is 10.6. The lowest BCUT2D eigenvalue weighted by Crippen LogP contribution is -2.07. The van der Waals surface area contributed by atoms with Gasteiger partial charge in [0.15, 0.2) is 5.82 Å². The van der Waals surface area contributed by atoms with Crippen molar-refractivity contribution in [3.63, 3.8) is 0 Å². The Kier molecular flexibility index (Phi) is 3.04. The van der Waals surface area contributed by atoms with Crippen LogP contribution in [0.2, 0.25) is 0 Å². The molecule has 0 saturated heterocycles. The van der Waals surface area contributed by atoms with Crippen LogP contribution in [0.15, 0.2) is 17.2 Å². The average Bonchev–Trinajstić information content (AvgIpc) is 2.05. The summed E-state index contributed by atoms with van der Waals surface area (Å²) in [6.07, 6.45) is 1.92. The number of nitrogens with one attached hydrogen (secondary N) is 1. The normalized spacial score (nSPS) is 9.50. The van der Waals surface area contributed by atoms with Gasteiger partial charge < -0.3 is 5.32 Å². The van der Waals surface area contributed by atoms with Crippen LogP contribution in [0.5, 0.6) is 0 Å². The minimum atomic E-state index is -0.138. The summed E-state index contributed by atoms with van der Waals surface area (Å²) in [5.41, 5.74) is 0. The molecule has 1 N–H and O–H groups in total. The largest absolute Gasteiger partial charge is 0.309 e. The van der Waals surface area contributed by atoms with Gasteiger partial charge in [0, 0.05) is 6.92 Å². The molecule has 0 aliphatic heterocycles. The van der Waals surface area contributed by atoms with Gasteiger partial charge in [0.2, 0.25) is 5.91 Å². The third-order valence-electron chi connectivity index (χ3n) is 1.15. The number of aromatic nitrogens is 2. The molecule has 1 aromatic heterocycles. The molecule has 0 radical (unpaired) electrons. The molecule has 1 aromatic rings. The molecule has 64 valence electrons. The number of hydrogen-bond acceptors (Lipinski definition) is 4. The van der Waals surface area contributed by atoms with Gasteiger partial charge >= 0.3 is 0 Å². The van der Waals surface area contributed by atoms with Gasteiger partial charge in [-0.25, -0.2) is 0 Å². The number of carbonyl (C=O) groups is 1. The summed E-state index contributed by atoms with van der Waals surface area (Å²) in [7, 11) is 0. The first-order valence-corrected chi connectivity index (χ1v) is 4.60. The van der Waals surface area contributed by atoms with E-state index >= 15 is 0 Å². The Morgan fingerprint density at radius 2 is 2.25 bits per heavy atom. The minimum absolute atomic E-state index is 0.138. The first-order chi connectivity index (χ1) is 5.72. The van der Waals surface area contributed by atoms with Gasteiger partial charge in [-0.15, -0.1) is 22.0 Å². The van der Waals surface area contributed by atoms with E-state index < -0.39 is 0 Å². The monoisotopic (exact) mass is 183 g/mol. The lowest BCUT2D eigenvalue weighted by Gasteiger charge is -1.99. The molecule has 1 rings (SSSR count). The fraction of sp³-hybridized carbons (Fsp3) is 0.286. The fourth-order valence-corrected chi connectivity index (χ4v) is 1.00. The Balaban J connectivity index is 2.71. The van der Waals surface area contributed by atoms with Crippen LogP contribution in [0, 0.1) is 0 Å². The molecule has 0 spiro atoms. The van der Waals surface area contributed by atoms with E-state index in [1.165, 1.54) is 18.7 Å². The highest BCUT2D eigenvalue weighted by atomic mass is 32.2. The quantitative estimate of drug-likeness (QED) is 0.699. The summed E-state index contributed by atoms with van der Waals surface area (Å²) in [5, 5.41) is 11.0. The van der Waals surface area contributed by atoms with Crippen LogP contribution in [-0.2, 0) is 4.79 Å². The van der Waals surface area contributed by atoms with E-state index in [0.717, 1.165) is 5.03 Å². The van der Waals surface area contributed by atoms with Gasteiger partial charge in [-0.1, -0.05) is 0 Å². The van der Waals surface area contributed by atoms with Crippen molar-refractivity contribution in [2.24, 2.45) is 0 Å². The van der Waals surface area contributed by atoms with Crippen molar-refractivity contribution in [1.82, 2.24) is 10.2 Å². The Bertz CT molecular complexity index is 272. The van der Waals surface area contributed by atoms with Gasteiger partial charge in [-0.05, 0) is 18.4 Å². The number of hydrogen-bond donors (Lipinski definition) is 1. The smallest absolute Gasteiger partial charge is 0.222 e. The van der Waals surface area contributed by atoms with Crippen LogP contribution < -0.4 is 5.32 Å². The molecule has 0 fully saturated rings. The highest BCUT2D eigenvalue weighted by Crippen LogP contribution is 2.10. The van der Waals surface area contributed by atoms with Crippen LogP contribution in [-0.4, -0.2) is 22.4 Å². The summed E-state index contributed by atoms with van der Waals surface area (Å²) >= 11 is 1.51. The fourth-order valence-electron chi connectivity index (χ4n) is 0.676. The van der Waals surface area contributed by atoms with Gasteiger partial charge in [0.25, 0.3) is 0 Å². The lowest BCUT2D eigenvalue weighted by molar-refractivity contribution is -0.114. The van der Waals surface area contributed by atoms with E-state index in [0.29, 0.717) is 5.82 Å². The molecular weight excluding hydrogens is 174 g/mol. The second-order valence-electron chi connectivity index (χ2n) is 2.14. The molecule has 0 aromatic carbocycles. The van der Waals surface area contributed by atoms with Crippen molar-refractivity contribution in [3.8, 4) is 0 Å². The molecule has 12 heavy (non-hydrogen) atoms. The molecule has 4 nitrogen and oxygen atoms in total. The van der Waals surface area contributed by atoms with Gasteiger partial charge in [0.1, 0.15) is 5.03 Å². The van der Waals surface area contributed by atoms with Crippen molar-refractivity contribution in [2.75, 3.05) is 11.6 Å². The molecule has 0 aliphatic rings. The van der Waals surface area contributed by atoms with Crippen molar-refractivity contribution < 1.29 is 4.79 Å². The van der Waals surface area contributed by atoms with E-state index in [9.17, 15) is 4.79 Å². The number of nitrogens with zero attached hydrogens (tertiary/aromatic N) is 2. The van der Waals surface area contributed by atoms with E-state index in [2.05, 4.69) is 15.5 Å². The van der Waals surface area contributed by atoms with Crippen molar-refractivity contribution >= 4 is 23.5 Å². The van der Waals surface area contributed by atoms with Crippen LogP contribution in [0.1, 0.15) is 6.92 Å². The zero-order chi connectivity index (χ0) is 8.97. The topological polar surface area (TPSA) is 54.9 Å². The summed E-state index contributed by atoms with van der Waals surface area (Å²) in [6.45, 7) is 1.43.